The number of nitrogen functional groups attached to an aromatic ring is 1. The van der Waals surface area contributed by atoms with E-state index in [1.165, 1.54) is 0 Å². The molecule has 1 unspecified atom stereocenters. The molecule has 3 aromatic rings. The molecular weight excluding hydrogens is 379 g/mol. The summed E-state index contributed by atoms with van der Waals surface area (Å²) in [4.78, 5) is 0. The fourth-order valence-electron chi connectivity index (χ4n) is 2.57. The molecule has 0 spiro atoms. The van der Waals surface area contributed by atoms with Crippen molar-refractivity contribution >= 4 is 17.4 Å². The van der Waals surface area contributed by atoms with Gasteiger partial charge in [0.05, 0.1) is 18.0 Å². The van der Waals surface area contributed by atoms with Crippen LogP contribution in [0.25, 0.3) is 16.9 Å². The molecule has 0 radical (unpaired) electrons. The number of benzene rings is 2. The third-order valence-corrected chi connectivity index (χ3v) is 4.16. The van der Waals surface area contributed by atoms with E-state index >= 15 is 0 Å². The Morgan fingerprint density at radius 1 is 1.15 bits per heavy atom. The predicted molar refractivity (Wildman–Crippen MR) is 98.7 cm³/mol. The topological polar surface area (TPSA) is 53.1 Å². The van der Waals surface area contributed by atoms with Crippen molar-refractivity contribution in [3.63, 3.8) is 0 Å². The summed E-state index contributed by atoms with van der Waals surface area (Å²) in [5, 5.41) is 4.67. The van der Waals surface area contributed by atoms with Crippen LogP contribution in [0, 0.1) is 0 Å². The van der Waals surface area contributed by atoms with Crippen LogP contribution in [0.15, 0.2) is 54.6 Å². The van der Waals surface area contributed by atoms with Gasteiger partial charge >= 0.3 is 6.18 Å². The molecule has 2 aromatic carbocycles. The standard InChI is InChI=1S/C19H17ClF3N3O/c1-12(19(21,22)23)27-11-13-7-14(9-15(20)8-13)17-10-18(24)25-26(17)16-5-3-2-4-6-16/h2-10,12H,11H2,1H3,(H2,24,25). The van der Waals surface area contributed by atoms with Gasteiger partial charge in [0, 0.05) is 16.7 Å². The molecule has 2 N–H and O–H groups in total. The molecular formula is C19H17ClF3N3O. The average Bonchev–Trinajstić information content (AvgIpc) is 3.01. The van der Waals surface area contributed by atoms with Crippen LogP contribution >= 0.6 is 11.6 Å². The number of aromatic nitrogens is 2. The van der Waals surface area contributed by atoms with Crippen LogP contribution in [0.5, 0.6) is 0 Å². The Morgan fingerprint density at radius 2 is 1.85 bits per heavy atom. The fraction of sp³-hybridized carbons (Fsp3) is 0.211. The Bertz CT molecular complexity index is 926. The number of nitrogens with zero attached hydrogens (tertiary/aromatic N) is 2. The lowest BCUT2D eigenvalue weighted by atomic mass is 10.1. The van der Waals surface area contributed by atoms with Crippen LogP contribution in [-0.4, -0.2) is 22.1 Å². The number of hydrogen-bond donors (Lipinski definition) is 1. The van der Waals surface area contributed by atoms with Crippen molar-refractivity contribution in [3.8, 4) is 16.9 Å². The largest absolute Gasteiger partial charge is 0.414 e. The number of halogens is 4. The van der Waals surface area contributed by atoms with Crippen molar-refractivity contribution in [2.45, 2.75) is 25.8 Å². The van der Waals surface area contributed by atoms with E-state index in [4.69, 9.17) is 22.1 Å². The maximum atomic E-state index is 12.6. The number of anilines is 1. The highest BCUT2D eigenvalue weighted by molar-refractivity contribution is 6.31. The molecule has 0 saturated carbocycles. The quantitative estimate of drug-likeness (QED) is 0.642. The number of nitrogens with two attached hydrogens (primary N) is 1. The molecule has 0 aliphatic carbocycles. The second-order valence-electron chi connectivity index (χ2n) is 6.04. The Kier molecular flexibility index (Phi) is 5.43. The van der Waals surface area contributed by atoms with Crippen molar-refractivity contribution in [2.24, 2.45) is 0 Å². The van der Waals surface area contributed by atoms with E-state index in [1.54, 1.807) is 28.9 Å². The van der Waals surface area contributed by atoms with Crippen LogP contribution in [0.1, 0.15) is 12.5 Å². The summed E-state index contributed by atoms with van der Waals surface area (Å²) in [6.07, 6.45) is -6.28. The second kappa shape index (κ2) is 7.62. The van der Waals surface area contributed by atoms with Gasteiger partial charge in [-0.25, -0.2) is 4.68 Å². The van der Waals surface area contributed by atoms with Crippen molar-refractivity contribution < 1.29 is 17.9 Å². The van der Waals surface area contributed by atoms with Crippen LogP contribution < -0.4 is 5.73 Å². The van der Waals surface area contributed by atoms with Gasteiger partial charge < -0.3 is 10.5 Å². The minimum atomic E-state index is -4.41. The minimum absolute atomic E-state index is 0.219. The third-order valence-electron chi connectivity index (χ3n) is 3.94. The molecule has 0 aliphatic rings. The van der Waals surface area contributed by atoms with Crippen molar-refractivity contribution in [1.29, 1.82) is 0 Å². The van der Waals surface area contributed by atoms with E-state index in [0.717, 1.165) is 12.6 Å². The van der Waals surface area contributed by atoms with Gasteiger partial charge in [-0.2, -0.15) is 18.3 Å². The summed E-state index contributed by atoms with van der Waals surface area (Å²) < 4.78 is 44.5. The third kappa shape index (κ3) is 4.61. The monoisotopic (exact) mass is 395 g/mol. The highest BCUT2D eigenvalue weighted by Crippen LogP contribution is 2.30. The lowest BCUT2D eigenvalue weighted by molar-refractivity contribution is -0.217. The number of alkyl halides is 3. The predicted octanol–water partition coefficient (Wildman–Crippen LogP) is 5.24. The zero-order valence-corrected chi connectivity index (χ0v) is 15.1. The Labute approximate surface area is 159 Å². The van der Waals surface area contributed by atoms with Crippen LogP contribution in [0.4, 0.5) is 19.0 Å². The average molecular weight is 396 g/mol. The first-order chi connectivity index (χ1) is 12.7. The van der Waals surface area contributed by atoms with Gasteiger partial charge in [-0.15, -0.1) is 0 Å². The van der Waals surface area contributed by atoms with E-state index < -0.39 is 12.3 Å². The summed E-state index contributed by atoms with van der Waals surface area (Å²) in [6, 6.07) is 16.0. The van der Waals surface area contributed by atoms with Crippen LogP contribution in [-0.2, 0) is 11.3 Å². The highest BCUT2D eigenvalue weighted by atomic mass is 35.5. The molecule has 0 amide bonds. The first-order valence-electron chi connectivity index (χ1n) is 8.13. The van der Waals surface area contributed by atoms with E-state index in [1.807, 2.05) is 30.3 Å². The molecule has 0 aliphatic heterocycles. The van der Waals surface area contributed by atoms with E-state index in [2.05, 4.69) is 5.10 Å². The van der Waals surface area contributed by atoms with Crippen molar-refractivity contribution in [1.82, 2.24) is 9.78 Å². The first kappa shape index (κ1) is 19.3. The normalized spacial score (nSPS) is 12.9. The number of ether oxygens (including phenoxy) is 1. The Hall–Kier alpha value is -2.51. The zero-order chi connectivity index (χ0) is 19.6. The first-order valence-corrected chi connectivity index (χ1v) is 8.51. The highest BCUT2D eigenvalue weighted by Gasteiger charge is 2.36. The zero-order valence-electron chi connectivity index (χ0n) is 14.4. The molecule has 4 nitrogen and oxygen atoms in total. The molecule has 3 rings (SSSR count). The van der Waals surface area contributed by atoms with Gasteiger partial charge in [0.15, 0.2) is 6.10 Å². The maximum absolute atomic E-state index is 12.6. The van der Waals surface area contributed by atoms with Gasteiger partial charge in [-0.05, 0) is 42.8 Å². The lowest BCUT2D eigenvalue weighted by Gasteiger charge is -2.17. The van der Waals surface area contributed by atoms with Crippen molar-refractivity contribution in [3.05, 3.63) is 65.2 Å². The smallest absolute Gasteiger partial charge is 0.382 e. The van der Waals surface area contributed by atoms with E-state index in [-0.39, 0.29) is 6.61 Å². The van der Waals surface area contributed by atoms with Gasteiger partial charge in [0.25, 0.3) is 0 Å². The molecule has 1 atom stereocenters. The molecule has 0 bridgehead atoms. The maximum Gasteiger partial charge on any atom is 0.414 e. The SMILES string of the molecule is CC(OCc1cc(Cl)cc(-c2cc(N)nn2-c2ccccc2)c1)C(F)(F)F. The molecule has 1 aromatic heterocycles. The summed E-state index contributed by atoms with van der Waals surface area (Å²) in [5.41, 5.74) is 8.53. The number of para-hydroxylation sites is 1. The van der Waals surface area contributed by atoms with Crippen LogP contribution in [0.3, 0.4) is 0 Å². The van der Waals surface area contributed by atoms with Gasteiger partial charge in [-0.1, -0.05) is 29.8 Å². The fourth-order valence-corrected chi connectivity index (χ4v) is 2.83. The van der Waals surface area contributed by atoms with E-state index in [9.17, 15) is 13.2 Å². The Morgan fingerprint density at radius 3 is 2.52 bits per heavy atom. The van der Waals surface area contributed by atoms with Crippen molar-refractivity contribution in [2.75, 3.05) is 5.73 Å². The lowest BCUT2D eigenvalue weighted by Crippen LogP contribution is -2.28. The number of rotatable bonds is 5. The molecule has 0 fully saturated rings. The van der Waals surface area contributed by atoms with Crippen LogP contribution in [0.2, 0.25) is 5.02 Å². The van der Waals surface area contributed by atoms with Gasteiger partial charge in [0.1, 0.15) is 5.82 Å². The summed E-state index contributed by atoms with van der Waals surface area (Å²) in [6.45, 7) is 0.750. The summed E-state index contributed by atoms with van der Waals surface area (Å²) in [7, 11) is 0. The Balaban J connectivity index is 1.94. The summed E-state index contributed by atoms with van der Waals surface area (Å²) in [5.74, 6) is 0.317. The molecule has 27 heavy (non-hydrogen) atoms. The molecule has 1 heterocycles. The van der Waals surface area contributed by atoms with E-state index in [0.29, 0.717) is 27.7 Å². The second-order valence-corrected chi connectivity index (χ2v) is 6.48. The summed E-state index contributed by atoms with van der Waals surface area (Å²) >= 11 is 6.17. The number of hydrogen-bond acceptors (Lipinski definition) is 3. The molecule has 0 saturated heterocycles. The molecule has 142 valence electrons. The molecule has 8 heteroatoms. The minimum Gasteiger partial charge on any atom is -0.382 e. The van der Waals surface area contributed by atoms with Gasteiger partial charge in [0.2, 0.25) is 0 Å². The van der Waals surface area contributed by atoms with Gasteiger partial charge in [-0.3, -0.25) is 0 Å².